The summed E-state index contributed by atoms with van der Waals surface area (Å²) in [7, 11) is 1.55. The number of amides is 1. The third-order valence-electron chi connectivity index (χ3n) is 7.57. The van der Waals surface area contributed by atoms with Crippen molar-refractivity contribution in [2.24, 2.45) is 7.05 Å². The molecule has 0 bridgehead atoms. The van der Waals surface area contributed by atoms with Crippen LogP contribution >= 0.6 is 0 Å². The third kappa shape index (κ3) is 6.64. The van der Waals surface area contributed by atoms with Crippen molar-refractivity contribution in [3.05, 3.63) is 62.8 Å². The van der Waals surface area contributed by atoms with E-state index in [1.165, 1.54) is 10.6 Å². The number of hydrogen-bond donors (Lipinski definition) is 1. The number of nitrogens with zero attached hydrogens (tertiary/aromatic N) is 5. The summed E-state index contributed by atoms with van der Waals surface area (Å²) < 4.78 is 40.3. The molecule has 1 N–H and O–H groups in total. The number of anilines is 1. The Kier molecular flexibility index (Phi) is 8.86. The lowest BCUT2D eigenvalue weighted by Crippen LogP contribution is -2.49. The minimum absolute atomic E-state index is 0.00176. The SMILES string of the molecule is CC#CCn1c(N2CCC[C@@H](NC(=O)OC(C)(C)C)C2)nc2c1c(=O)n(Cc1ccc(OC(F)F)c3ccccc13)c(=O)n2C. The van der Waals surface area contributed by atoms with E-state index in [-0.39, 0.29) is 36.0 Å². The number of aryl methyl sites for hydroxylation is 1. The molecule has 0 saturated carbocycles. The maximum atomic E-state index is 14.1. The number of nitrogens with one attached hydrogen (secondary N) is 1. The van der Waals surface area contributed by atoms with Crippen molar-refractivity contribution in [3.8, 4) is 17.6 Å². The molecule has 0 unspecified atom stereocenters. The second-order valence-electron chi connectivity index (χ2n) is 11.9. The average molecular weight is 623 g/mol. The predicted molar refractivity (Wildman–Crippen MR) is 167 cm³/mol. The number of piperidine rings is 1. The molecule has 11 nitrogen and oxygen atoms in total. The molecular weight excluding hydrogens is 586 g/mol. The predicted octanol–water partition coefficient (Wildman–Crippen LogP) is 4.22. The monoisotopic (exact) mass is 622 g/mol. The van der Waals surface area contributed by atoms with Gasteiger partial charge >= 0.3 is 18.4 Å². The molecule has 0 radical (unpaired) electrons. The van der Waals surface area contributed by atoms with E-state index >= 15 is 0 Å². The van der Waals surface area contributed by atoms with Gasteiger partial charge in [0, 0.05) is 31.6 Å². The zero-order valence-corrected chi connectivity index (χ0v) is 25.9. The Labute approximate surface area is 258 Å². The second-order valence-corrected chi connectivity index (χ2v) is 11.9. The van der Waals surface area contributed by atoms with E-state index in [2.05, 4.69) is 17.2 Å². The third-order valence-corrected chi connectivity index (χ3v) is 7.57. The van der Waals surface area contributed by atoms with Gasteiger partial charge in [0.15, 0.2) is 11.2 Å². The Morgan fingerprint density at radius 2 is 1.87 bits per heavy atom. The molecule has 45 heavy (non-hydrogen) atoms. The van der Waals surface area contributed by atoms with E-state index in [0.717, 1.165) is 17.4 Å². The van der Waals surface area contributed by atoms with Gasteiger partial charge in [-0.2, -0.15) is 13.8 Å². The van der Waals surface area contributed by atoms with Gasteiger partial charge in [-0.1, -0.05) is 36.3 Å². The van der Waals surface area contributed by atoms with Gasteiger partial charge in [-0.3, -0.25) is 18.5 Å². The molecule has 1 aliphatic heterocycles. The number of benzene rings is 2. The van der Waals surface area contributed by atoms with Gasteiger partial charge < -0.3 is 19.7 Å². The number of imidazole rings is 1. The molecule has 2 aromatic carbocycles. The molecule has 2 aromatic heterocycles. The van der Waals surface area contributed by atoms with Gasteiger partial charge in [0.05, 0.1) is 13.1 Å². The lowest BCUT2D eigenvalue weighted by molar-refractivity contribution is -0.0488. The summed E-state index contributed by atoms with van der Waals surface area (Å²) in [5.74, 6) is 6.34. The van der Waals surface area contributed by atoms with Crippen molar-refractivity contribution >= 4 is 34.0 Å². The molecule has 5 rings (SSSR count). The molecule has 238 valence electrons. The lowest BCUT2D eigenvalue weighted by Gasteiger charge is -2.34. The van der Waals surface area contributed by atoms with Crippen molar-refractivity contribution in [1.82, 2.24) is 24.0 Å². The van der Waals surface area contributed by atoms with Crippen LogP contribution in [-0.4, -0.2) is 56.1 Å². The molecule has 3 heterocycles. The van der Waals surface area contributed by atoms with E-state index < -0.39 is 29.6 Å². The van der Waals surface area contributed by atoms with Gasteiger partial charge in [0.2, 0.25) is 5.95 Å². The van der Waals surface area contributed by atoms with Crippen LogP contribution < -0.4 is 26.2 Å². The Balaban J connectivity index is 1.57. The van der Waals surface area contributed by atoms with Crippen molar-refractivity contribution < 1.29 is 23.0 Å². The van der Waals surface area contributed by atoms with E-state index in [4.69, 9.17) is 14.5 Å². The van der Waals surface area contributed by atoms with Crippen molar-refractivity contribution in [1.29, 1.82) is 0 Å². The van der Waals surface area contributed by atoms with Gasteiger partial charge in [-0.25, -0.2) is 9.59 Å². The highest BCUT2D eigenvalue weighted by Gasteiger charge is 2.29. The van der Waals surface area contributed by atoms with Crippen LogP contribution in [0.5, 0.6) is 5.75 Å². The molecule has 4 aromatic rings. The van der Waals surface area contributed by atoms with Crippen LogP contribution in [-0.2, 0) is 24.9 Å². The fraction of sp³-hybridized carbons (Fsp3) is 0.438. The van der Waals surface area contributed by atoms with Crippen LogP contribution in [0.2, 0.25) is 0 Å². The number of alkyl halides is 2. The van der Waals surface area contributed by atoms with Gasteiger partial charge in [-0.15, -0.1) is 5.92 Å². The Hall–Kier alpha value is -4.86. The molecule has 1 amide bonds. The second kappa shape index (κ2) is 12.6. The Morgan fingerprint density at radius 1 is 1.13 bits per heavy atom. The van der Waals surface area contributed by atoms with E-state index in [1.54, 1.807) is 69.6 Å². The highest BCUT2D eigenvalue weighted by atomic mass is 19.3. The number of fused-ring (bicyclic) bond motifs is 2. The summed E-state index contributed by atoms with van der Waals surface area (Å²) in [6.45, 7) is 5.18. The van der Waals surface area contributed by atoms with Gasteiger partial charge in [0.1, 0.15) is 11.4 Å². The first kappa shape index (κ1) is 31.6. The van der Waals surface area contributed by atoms with Crippen LogP contribution in [0.15, 0.2) is 46.0 Å². The minimum Gasteiger partial charge on any atom is -0.444 e. The summed E-state index contributed by atoms with van der Waals surface area (Å²) in [5.41, 5.74) is -0.768. The number of halogens is 2. The molecule has 13 heteroatoms. The summed E-state index contributed by atoms with van der Waals surface area (Å²) in [5, 5.41) is 3.94. The number of ether oxygens (including phenoxy) is 2. The molecule has 1 aliphatic rings. The Morgan fingerprint density at radius 3 is 2.56 bits per heavy atom. The van der Waals surface area contributed by atoms with Crippen molar-refractivity contribution in [3.63, 3.8) is 0 Å². The number of alkyl carbamates (subject to hydrolysis) is 1. The van der Waals surface area contributed by atoms with Crippen LogP contribution in [0.25, 0.3) is 21.9 Å². The summed E-state index contributed by atoms with van der Waals surface area (Å²) in [4.78, 5) is 46.9. The summed E-state index contributed by atoms with van der Waals surface area (Å²) in [6, 6.07) is 9.59. The smallest absolute Gasteiger partial charge is 0.407 e. The number of rotatable bonds is 7. The van der Waals surface area contributed by atoms with Crippen LogP contribution in [0.1, 0.15) is 46.1 Å². The highest BCUT2D eigenvalue weighted by Crippen LogP contribution is 2.30. The topological polar surface area (TPSA) is 113 Å². The van der Waals surface area contributed by atoms with Crippen molar-refractivity contribution in [2.45, 2.75) is 71.9 Å². The number of carbonyl (C=O) groups excluding carboxylic acids is 1. The minimum atomic E-state index is -3.00. The summed E-state index contributed by atoms with van der Waals surface area (Å²) in [6.07, 6.45) is 0.988. The molecule has 0 aliphatic carbocycles. The van der Waals surface area contributed by atoms with Gasteiger partial charge in [0.25, 0.3) is 5.56 Å². The fourth-order valence-corrected chi connectivity index (χ4v) is 5.64. The maximum Gasteiger partial charge on any atom is 0.407 e. The average Bonchev–Trinajstić information content (AvgIpc) is 3.36. The normalized spacial score (nSPS) is 15.3. The fourth-order valence-electron chi connectivity index (χ4n) is 5.64. The van der Waals surface area contributed by atoms with Crippen molar-refractivity contribution in [2.75, 3.05) is 18.0 Å². The number of hydrogen-bond acceptors (Lipinski definition) is 7. The summed E-state index contributed by atoms with van der Waals surface area (Å²) >= 11 is 0. The van der Waals surface area contributed by atoms with E-state index in [1.807, 2.05) is 4.90 Å². The molecule has 1 fully saturated rings. The van der Waals surface area contributed by atoms with E-state index in [9.17, 15) is 23.2 Å². The first-order valence-electron chi connectivity index (χ1n) is 14.7. The van der Waals surface area contributed by atoms with Crippen LogP contribution in [0, 0.1) is 11.8 Å². The molecule has 1 atom stereocenters. The first-order valence-corrected chi connectivity index (χ1v) is 14.7. The van der Waals surface area contributed by atoms with Crippen LogP contribution in [0.3, 0.4) is 0 Å². The Bertz CT molecular complexity index is 1930. The molecule has 1 saturated heterocycles. The first-order chi connectivity index (χ1) is 21.4. The van der Waals surface area contributed by atoms with E-state index in [0.29, 0.717) is 35.4 Å². The highest BCUT2D eigenvalue weighted by molar-refractivity contribution is 5.91. The maximum absolute atomic E-state index is 14.1. The zero-order valence-electron chi connectivity index (χ0n) is 25.9. The lowest BCUT2D eigenvalue weighted by atomic mass is 10.0. The number of carbonyl (C=O) groups is 1. The zero-order chi connectivity index (χ0) is 32.5. The molecular formula is C32H36F2N6O5. The standard InChI is InChI=1S/C32H36F2N6O5/c1-6-7-17-39-25-26(36-29(39)38-16-10-11-21(19-38)35-30(42)45-32(2,3)4)37(5)31(43)40(27(25)41)18-20-14-15-24(44-28(33)34)23-13-9-8-12-22(20)23/h8-9,12-15,21,28H,10-11,16-19H2,1-5H3,(H,35,42)/t21-/m1/s1. The van der Waals surface area contributed by atoms with Gasteiger partial charge in [-0.05, 0) is 57.6 Å². The van der Waals surface area contributed by atoms with Crippen LogP contribution in [0.4, 0.5) is 19.5 Å². The quantitative estimate of drug-likeness (QED) is 0.307. The molecule has 0 spiro atoms. The number of aromatic nitrogens is 4. The largest absolute Gasteiger partial charge is 0.444 e.